The smallest absolute Gasteiger partial charge is 0.272 e. The minimum Gasteiger partial charge on any atom is -0.482 e. The molecule has 4 rings (SSSR count). The van der Waals surface area contributed by atoms with Gasteiger partial charge in [0.05, 0.1) is 22.3 Å². The van der Waals surface area contributed by atoms with Crippen molar-refractivity contribution in [3.05, 3.63) is 71.9 Å². The molecule has 3 amide bonds. The molecule has 0 radical (unpaired) electrons. The lowest BCUT2D eigenvalue weighted by Gasteiger charge is -2.26. The molecule has 0 fully saturated rings. The van der Waals surface area contributed by atoms with Gasteiger partial charge in [0.25, 0.3) is 23.3 Å². The molecule has 0 aliphatic carbocycles. The first-order valence-corrected chi connectivity index (χ1v) is 11.1. The third kappa shape index (κ3) is 4.24. The number of rotatable bonds is 6. The molecule has 1 aliphatic rings. The molecule has 184 valence electrons. The molecule has 2 aromatic carbocycles. The molecular weight excluding hydrogens is 462 g/mol. The van der Waals surface area contributed by atoms with Gasteiger partial charge < -0.3 is 19.9 Å². The maximum absolute atomic E-state index is 13.3. The highest BCUT2D eigenvalue weighted by Crippen LogP contribution is 2.36. The maximum atomic E-state index is 13.3. The topological polar surface area (TPSA) is 114 Å². The van der Waals surface area contributed by atoms with Gasteiger partial charge in [0, 0.05) is 26.2 Å². The quantitative estimate of drug-likeness (QED) is 0.532. The Kier molecular flexibility index (Phi) is 6.43. The van der Waals surface area contributed by atoms with Crippen molar-refractivity contribution < 1.29 is 19.1 Å². The van der Waals surface area contributed by atoms with E-state index in [2.05, 4.69) is 23.5 Å². The molecule has 10 heteroatoms. The van der Waals surface area contributed by atoms with Crippen LogP contribution in [0.5, 0.6) is 5.75 Å². The predicted octanol–water partition coefficient (Wildman–Crippen LogP) is 2.00. The Morgan fingerprint density at radius 3 is 2.67 bits per heavy atom. The lowest BCUT2D eigenvalue weighted by atomic mass is 10.0. The molecule has 0 atom stereocenters. The van der Waals surface area contributed by atoms with Crippen molar-refractivity contribution in [1.29, 1.82) is 0 Å². The van der Waals surface area contributed by atoms with Crippen molar-refractivity contribution in [2.24, 2.45) is 0 Å². The van der Waals surface area contributed by atoms with Crippen LogP contribution >= 0.6 is 0 Å². The minimum atomic E-state index is -0.747. The first kappa shape index (κ1) is 24.4. The number of likely N-dealkylation sites (N-methyl/N-ethyl adjacent to an activating group) is 2. The zero-order valence-electron chi connectivity index (χ0n) is 20.2. The zero-order chi connectivity index (χ0) is 26.1. The van der Waals surface area contributed by atoms with Gasteiger partial charge in [-0.1, -0.05) is 31.4 Å². The summed E-state index contributed by atoms with van der Waals surface area (Å²) in [5.41, 5.74) is 1.68. The molecule has 10 nitrogen and oxygen atoms in total. The largest absolute Gasteiger partial charge is 0.482 e. The standard InChI is InChI=1S/C26H25N5O5/c1-6-29(4)25(34)15(2)28-24(33)16(3)31-14-27-23-18(8-7-9-19(23)26(31)35)17-10-11-20-21(12-17)36-13-22(32)30(20)5/h7-12,14H,2-3,6,13H2,1,4-5H3,(H,28,33). The molecule has 3 aromatic rings. The molecule has 0 unspecified atom stereocenters. The van der Waals surface area contributed by atoms with Gasteiger partial charge in [0.2, 0.25) is 0 Å². The fraction of sp³-hybridized carbons (Fsp3) is 0.192. The second kappa shape index (κ2) is 9.49. The van der Waals surface area contributed by atoms with Crippen molar-refractivity contribution in [2.75, 3.05) is 32.1 Å². The summed E-state index contributed by atoms with van der Waals surface area (Å²) >= 11 is 0. The van der Waals surface area contributed by atoms with E-state index in [1.807, 2.05) is 12.1 Å². The number of nitrogens with one attached hydrogen (secondary N) is 1. The second-order valence-electron chi connectivity index (χ2n) is 8.24. The minimum absolute atomic E-state index is 0.0532. The third-order valence-electron chi connectivity index (χ3n) is 6.04. The first-order chi connectivity index (χ1) is 17.1. The fourth-order valence-corrected chi connectivity index (χ4v) is 3.77. The molecule has 2 heterocycles. The van der Waals surface area contributed by atoms with E-state index in [1.54, 1.807) is 45.3 Å². The number of benzene rings is 2. The van der Waals surface area contributed by atoms with Crippen molar-refractivity contribution in [3.8, 4) is 16.9 Å². The van der Waals surface area contributed by atoms with E-state index in [1.165, 1.54) is 16.1 Å². The van der Waals surface area contributed by atoms with Crippen LogP contribution in [-0.2, 0) is 14.4 Å². The summed E-state index contributed by atoms with van der Waals surface area (Å²) in [7, 11) is 3.26. The molecule has 1 aliphatic heterocycles. The molecule has 0 bridgehead atoms. The number of carbonyl (C=O) groups is 3. The molecule has 1 aromatic heterocycles. The average molecular weight is 488 g/mol. The maximum Gasteiger partial charge on any atom is 0.272 e. The van der Waals surface area contributed by atoms with Gasteiger partial charge in [0.1, 0.15) is 17.8 Å². The lowest BCUT2D eigenvalue weighted by molar-refractivity contribution is -0.127. The number of aromatic nitrogens is 2. The van der Waals surface area contributed by atoms with Crippen LogP contribution in [-0.4, -0.2) is 59.4 Å². The number of fused-ring (bicyclic) bond motifs is 2. The van der Waals surface area contributed by atoms with Crippen LogP contribution in [0.15, 0.2) is 66.4 Å². The van der Waals surface area contributed by atoms with Crippen LogP contribution in [0.1, 0.15) is 6.92 Å². The number of hydrogen-bond acceptors (Lipinski definition) is 6. The van der Waals surface area contributed by atoms with Crippen molar-refractivity contribution in [1.82, 2.24) is 19.8 Å². The zero-order valence-corrected chi connectivity index (χ0v) is 20.2. The van der Waals surface area contributed by atoms with Gasteiger partial charge in [-0.2, -0.15) is 0 Å². The van der Waals surface area contributed by atoms with Gasteiger partial charge in [-0.15, -0.1) is 0 Å². The van der Waals surface area contributed by atoms with Gasteiger partial charge in [-0.05, 0) is 30.7 Å². The van der Waals surface area contributed by atoms with Gasteiger partial charge in [-0.3, -0.25) is 23.7 Å². The number of nitrogens with zero attached hydrogens (tertiary/aromatic N) is 4. The molecule has 0 saturated heterocycles. The van der Waals surface area contributed by atoms with Crippen LogP contribution in [0.25, 0.3) is 27.7 Å². The van der Waals surface area contributed by atoms with Crippen molar-refractivity contribution in [2.45, 2.75) is 6.92 Å². The first-order valence-electron chi connectivity index (χ1n) is 11.1. The SMILES string of the molecule is C=C(NC(=O)C(=C)n1cnc2c(-c3ccc4c(c3)OCC(=O)N4C)cccc2c1=O)C(=O)N(C)CC. The summed E-state index contributed by atoms with van der Waals surface area (Å²) in [6.07, 6.45) is 1.22. The molecule has 36 heavy (non-hydrogen) atoms. The Morgan fingerprint density at radius 1 is 1.19 bits per heavy atom. The van der Waals surface area contributed by atoms with Crippen molar-refractivity contribution >= 4 is 40.0 Å². The number of carbonyl (C=O) groups excluding carboxylic acids is 3. The van der Waals surface area contributed by atoms with E-state index in [0.717, 1.165) is 10.1 Å². The van der Waals surface area contributed by atoms with Crippen LogP contribution in [0.2, 0.25) is 0 Å². The Bertz CT molecular complexity index is 1510. The number of hydrogen-bond donors (Lipinski definition) is 1. The highest BCUT2D eigenvalue weighted by atomic mass is 16.5. The Morgan fingerprint density at radius 2 is 1.94 bits per heavy atom. The van der Waals surface area contributed by atoms with Gasteiger partial charge in [0.15, 0.2) is 6.61 Å². The molecule has 0 spiro atoms. The van der Waals surface area contributed by atoms with Gasteiger partial charge in [-0.25, -0.2) is 4.98 Å². The lowest BCUT2D eigenvalue weighted by Crippen LogP contribution is -2.37. The van der Waals surface area contributed by atoms with E-state index in [4.69, 9.17) is 4.74 Å². The van der Waals surface area contributed by atoms with Gasteiger partial charge >= 0.3 is 0 Å². The summed E-state index contributed by atoms with van der Waals surface area (Å²) in [5.74, 6) is -0.787. The molecule has 0 saturated carbocycles. The molecular formula is C26H25N5O5. The average Bonchev–Trinajstić information content (AvgIpc) is 2.89. The van der Waals surface area contributed by atoms with E-state index >= 15 is 0 Å². The normalized spacial score (nSPS) is 12.5. The van der Waals surface area contributed by atoms with E-state index in [0.29, 0.717) is 29.1 Å². The number of anilines is 1. The Balaban J connectivity index is 1.67. The highest BCUT2D eigenvalue weighted by molar-refractivity contribution is 6.15. The second-order valence-corrected chi connectivity index (χ2v) is 8.24. The Hall–Kier alpha value is -4.73. The number of para-hydroxylation sites is 1. The number of ether oxygens (including phenoxy) is 1. The van der Waals surface area contributed by atoms with E-state index in [-0.39, 0.29) is 29.3 Å². The summed E-state index contributed by atoms with van der Waals surface area (Å²) in [4.78, 5) is 57.3. The van der Waals surface area contributed by atoms with E-state index < -0.39 is 17.4 Å². The van der Waals surface area contributed by atoms with Crippen molar-refractivity contribution in [3.63, 3.8) is 0 Å². The highest BCUT2D eigenvalue weighted by Gasteiger charge is 2.23. The third-order valence-corrected chi connectivity index (χ3v) is 6.04. The van der Waals surface area contributed by atoms with Crippen LogP contribution < -0.4 is 20.5 Å². The fourth-order valence-electron chi connectivity index (χ4n) is 3.77. The van der Waals surface area contributed by atoms with Crippen LogP contribution in [0.3, 0.4) is 0 Å². The van der Waals surface area contributed by atoms with Crippen LogP contribution in [0, 0.1) is 0 Å². The summed E-state index contributed by atoms with van der Waals surface area (Å²) in [6.45, 7) is 9.48. The summed E-state index contributed by atoms with van der Waals surface area (Å²) in [5, 5.41) is 2.66. The Labute approximate surface area is 207 Å². The summed E-state index contributed by atoms with van der Waals surface area (Å²) in [6, 6.07) is 10.5. The van der Waals surface area contributed by atoms with Crippen LogP contribution in [0.4, 0.5) is 5.69 Å². The summed E-state index contributed by atoms with van der Waals surface area (Å²) < 4.78 is 6.61. The molecule has 1 N–H and O–H groups in total. The predicted molar refractivity (Wildman–Crippen MR) is 136 cm³/mol. The monoisotopic (exact) mass is 487 g/mol. The van der Waals surface area contributed by atoms with E-state index in [9.17, 15) is 19.2 Å². The number of amides is 3.